The fourth-order valence-corrected chi connectivity index (χ4v) is 1.50. The first-order valence-corrected chi connectivity index (χ1v) is 4.63. The Morgan fingerprint density at radius 3 is 2.67 bits per heavy atom. The minimum Gasteiger partial charge on any atom is -0.369 e. The zero-order valence-electron chi connectivity index (χ0n) is 8.66. The summed E-state index contributed by atoms with van der Waals surface area (Å²) in [5, 5.41) is 0. The zero-order chi connectivity index (χ0) is 11.0. The van der Waals surface area contributed by atoms with Gasteiger partial charge >= 0.3 is 0 Å². The molecule has 4 heteroatoms. The second-order valence-corrected chi connectivity index (χ2v) is 3.52. The average Bonchev–Trinajstić information content (AvgIpc) is 2.53. The SMILES string of the molecule is Cc1cc(-c2cnc(N)n2C)ccc1F. The van der Waals surface area contributed by atoms with Gasteiger partial charge in [-0.05, 0) is 30.7 Å². The number of benzene rings is 1. The Hall–Kier alpha value is -1.84. The second-order valence-electron chi connectivity index (χ2n) is 3.52. The van der Waals surface area contributed by atoms with E-state index in [0.29, 0.717) is 11.5 Å². The molecular formula is C11H12FN3. The van der Waals surface area contributed by atoms with Gasteiger partial charge in [0.05, 0.1) is 11.9 Å². The van der Waals surface area contributed by atoms with Crippen molar-refractivity contribution in [1.82, 2.24) is 9.55 Å². The van der Waals surface area contributed by atoms with E-state index in [9.17, 15) is 4.39 Å². The van der Waals surface area contributed by atoms with Gasteiger partial charge in [0.1, 0.15) is 5.82 Å². The van der Waals surface area contributed by atoms with Crippen LogP contribution in [0, 0.1) is 12.7 Å². The number of rotatable bonds is 1. The third-order valence-electron chi connectivity index (χ3n) is 2.48. The standard InChI is InChI=1S/C11H12FN3/c1-7-5-8(3-4-9(7)12)10-6-14-11(13)15(10)2/h3-6H,1-2H3,(H2,13,14). The van der Waals surface area contributed by atoms with E-state index in [-0.39, 0.29) is 5.82 Å². The molecule has 0 aliphatic heterocycles. The number of anilines is 1. The van der Waals surface area contributed by atoms with Gasteiger partial charge in [-0.1, -0.05) is 0 Å². The van der Waals surface area contributed by atoms with Gasteiger partial charge in [-0.3, -0.25) is 0 Å². The summed E-state index contributed by atoms with van der Waals surface area (Å²) in [6.07, 6.45) is 1.68. The molecule has 0 aliphatic carbocycles. The van der Waals surface area contributed by atoms with Crippen molar-refractivity contribution in [3.63, 3.8) is 0 Å². The molecule has 0 unspecified atom stereocenters. The van der Waals surface area contributed by atoms with Crippen LogP contribution < -0.4 is 5.73 Å². The molecule has 0 fully saturated rings. The van der Waals surface area contributed by atoms with E-state index >= 15 is 0 Å². The van der Waals surface area contributed by atoms with Crippen LogP contribution in [0.1, 0.15) is 5.56 Å². The normalized spacial score (nSPS) is 10.6. The highest BCUT2D eigenvalue weighted by Crippen LogP contribution is 2.22. The molecule has 1 aromatic carbocycles. The molecule has 1 aromatic heterocycles. The second kappa shape index (κ2) is 3.38. The van der Waals surface area contributed by atoms with Gasteiger partial charge in [0.15, 0.2) is 5.95 Å². The number of halogens is 1. The van der Waals surface area contributed by atoms with E-state index in [0.717, 1.165) is 11.3 Å². The Balaban J connectivity index is 2.55. The molecule has 0 spiro atoms. The van der Waals surface area contributed by atoms with Gasteiger partial charge in [-0.2, -0.15) is 0 Å². The van der Waals surface area contributed by atoms with E-state index in [1.54, 1.807) is 29.8 Å². The molecule has 0 bridgehead atoms. The molecule has 0 amide bonds. The summed E-state index contributed by atoms with van der Waals surface area (Å²) in [5.41, 5.74) is 8.04. The molecule has 1 heterocycles. The quantitative estimate of drug-likeness (QED) is 0.774. The van der Waals surface area contributed by atoms with Crippen molar-refractivity contribution >= 4 is 5.95 Å². The maximum Gasteiger partial charge on any atom is 0.200 e. The third kappa shape index (κ3) is 1.58. The summed E-state index contributed by atoms with van der Waals surface area (Å²) in [6.45, 7) is 1.73. The van der Waals surface area contributed by atoms with Gasteiger partial charge < -0.3 is 10.3 Å². The van der Waals surface area contributed by atoms with Crippen molar-refractivity contribution in [3.05, 3.63) is 35.8 Å². The number of nitrogens with zero attached hydrogens (tertiary/aromatic N) is 2. The van der Waals surface area contributed by atoms with Gasteiger partial charge in [-0.15, -0.1) is 0 Å². The molecule has 0 atom stereocenters. The average molecular weight is 205 g/mol. The largest absolute Gasteiger partial charge is 0.369 e. The lowest BCUT2D eigenvalue weighted by atomic mass is 10.1. The molecule has 2 N–H and O–H groups in total. The highest BCUT2D eigenvalue weighted by atomic mass is 19.1. The van der Waals surface area contributed by atoms with Crippen LogP contribution in [0.2, 0.25) is 0 Å². The van der Waals surface area contributed by atoms with Crippen molar-refractivity contribution in [2.24, 2.45) is 7.05 Å². The lowest BCUT2D eigenvalue weighted by molar-refractivity contribution is 0.618. The van der Waals surface area contributed by atoms with Crippen LogP contribution in [0.5, 0.6) is 0 Å². The topological polar surface area (TPSA) is 43.8 Å². The zero-order valence-corrected chi connectivity index (χ0v) is 8.66. The Labute approximate surface area is 87.4 Å². The fraction of sp³-hybridized carbons (Fsp3) is 0.182. The summed E-state index contributed by atoms with van der Waals surface area (Å²) in [4.78, 5) is 3.99. The number of hydrogen-bond donors (Lipinski definition) is 1. The molecule has 15 heavy (non-hydrogen) atoms. The highest BCUT2D eigenvalue weighted by Gasteiger charge is 2.07. The summed E-state index contributed by atoms with van der Waals surface area (Å²) >= 11 is 0. The Bertz CT molecular complexity index is 503. The monoisotopic (exact) mass is 205 g/mol. The van der Waals surface area contributed by atoms with Gasteiger partial charge in [0, 0.05) is 12.6 Å². The van der Waals surface area contributed by atoms with E-state index in [1.807, 2.05) is 7.05 Å². The molecule has 3 nitrogen and oxygen atoms in total. The van der Waals surface area contributed by atoms with Gasteiger partial charge in [-0.25, -0.2) is 9.37 Å². The minimum absolute atomic E-state index is 0.200. The lowest BCUT2D eigenvalue weighted by Gasteiger charge is -2.05. The van der Waals surface area contributed by atoms with Crippen LogP contribution in [-0.2, 0) is 7.05 Å². The first-order valence-electron chi connectivity index (χ1n) is 4.63. The lowest BCUT2D eigenvalue weighted by Crippen LogP contribution is -1.98. The molecule has 0 radical (unpaired) electrons. The third-order valence-corrected chi connectivity index (χ3v) is 2.48. The van der Waals surface area contributed by atoms with Gasteiger partial charge in [0.25, 0.3) is 0 Å². The van der Waals surface area contributed by atoms with Crippen LogP contribution in [0.15, 0.2) is 24.4 Å². The predicted octanol–water partition coefficient (Wildman–Crippen LogP) is 2.12. The summed E-state index contributed by atoms with van der Waals surface area (Å²) in [6, 6.07) is 4.96. The fourth-order valence-electron chi connectivity index (χ4n) is 1.50. The molecular weight excluding hydrogens is 193 g/mol. The van der Waals surface area contributed by atoms with Crippen LogP contribution in [0.3, 0.4) is 0 Å². The smallest absolute Gasteiger partial charge is 0.200 e. The molecule has 0 saturated heterocycles. The Kier molecular flexibility index (Phi) is 2.19. The maximum absolute atomic E-state index is 13.1. The Morgan fingerprint density at radius 1 is 1.40 bits per heavy atom. The first kappa shape index (κ1) is 9.71. The van der Waals surface area contributed by atoms with Crippen molar-refractivity contribution in [2.75, 3.05) is 5.73 Å². The molecule has 0 saturated carbocycles. The minimum atomic E-state index is -0.200. The van der Waals surface area contributed by atoms with Crippen LogP contribution in [-0.4, -0.2) is 9.55 Å². The maximum atomic E-state index is 13.1. The summed E-state index contributed by atoms with van der Waals surface area (Å²) in [7, 11) is 1.83. The van der Waals surface area contributed by atoms with E-state index in [1.165, 1.54) is 6.07 Å². The van der Waals surface area contributed by atoms with Crippen LogP contribution in [0.25, 0.3) is 11.3 Å². The summed E-state index contributed by atoms with van der Waals surface area (Å²) in [5.74, 6) is 0.251. The van der Waals surface area contributed by atoms with Crippen molar-refractivity contribution < 1.29 is 4.39 Å². The van der Waals surface area contributed by atoms with Crippen molar-refractivity contribution in [1.29, 1.82) is 0 Å². The number of aryl methyl sites for hydroxylation is 1. The van der Waals surface area contributed by atoms with E-state index < -0.39 is 0 Å². The van der Waals surface area contributed by atoms with Crippen LogP contribution in [0.4, 0.5) is 10.3 Å². The number of nitrogen functional groups attached to an aromatic ring is 1. The predicted molar refractivity (Wildman–Crippen MR) is 57.8 cm³/mol. The first-order chi connectivity index (χ1) is 7.09. The molecule has 2 rings (SSSR count). The Morgan fingerprint density at radius 2 is 2.13 bits per heavy atom. The number of aromatic nitrogens is 2. The highest BCUT2D eigenvalue weighted by molar-refractivity contribution is 5.61. The van der Waals surface area contributed by atoms with E-state index in [4.69, 9.17) is 5.73 Å². The number of nitrogens with two attached hydrogens (primary N) is 1. The van der Waals surface area contributed by atoms with Crippen molar-refractivity contribution in [2.45, 2.75) is 6.92 Å². The molecule has 0 aliphatic rings. The summed E-state index contributed by atoms with van der Waals surface area (Å²) < 4.78 is 14.8. The molecule has 78 valence electrons. The van der Waals surface area contributed by atoms with Crippen molar-refractivity contribution in [3.8, 4) is 11.3 Å². The number of hydrogen-bond acceptors (Lipinski definition) is 2. The van der Waals surface area contributed by atoms with E-state index in [2.05, 4.69) is 4.98 Å². The molecule has 2 aromatic rings. The van der Waals surface area contributed by atoms with Crippen LogP contribution >= 0.6 is 0 Å². The number of imidazole rings is 1. The van der Waals surface area contributed by atoms with Gasteiger partial charge in [0.2, 0.25) is 0 Å².